The number of methoxy groups -OCH3 is 2. The van der Waals surface area contributed by atoms with E-state index in [-0.39, 0.29) is 19.4 Å². The van der Waals surface area contributed by atoms with E-state index in [0.717, 1.165) is 5.56 Å². The van der Waals surface area contributed by atoms with E-state index >= 15 is 0 Å². The summed E-state index contributed by atoms with van der Waals surface area (Å²) in [5, 5.41) is 5.52. The molecule has 2 N–H and O–H groups in total. The molecule has 11 heteroatoms. The van der Waals surface area contributed by atoms with Crippen LogP contribution in [0.3, 0.4) is 0 Å². The molecule has 0 aliphatic carbocycles. The maximum Gasteiger partial charge on any atom is 0.408 e. The van der Waals surface area contributed by atoms with Gasteiger partial charge in [-0.3, -0.25) is 9.59 Å². The van der Waals surface area contributed by atoms with Crippen molar-refractivity contribution in [2.24, 2.45) is 0 Å². The van der Waals surface area contributed by atoms with Crippen molar-refractivity contribution < 1.29 is 38.1 Å². The molecule has 0 saturated carbocycles. The van der Waals surface area contributed by atoms with Gasteiger partial charge in [0.25, 0.3) is 0 Å². The largest absolute Gasteiger partial charge is 0.493 e. The van der Waals surface area contributed by atoms with Crippen molar-refractivity contribution in [3.63, 3.8) is 0 Å². The fourth-order valence-electron chi connectivity index (χ4n) is 4.90. The van der Waals surface area contributed by atoms with Gasteiger partial charge in [0, 0.05) is 13.0 Å². The molecule has 3 atom stereocenters. The number of nitrogens with one attached hydrogen (secondary N) is 2. The van der Waals surface area contributed by atoms with Crippen LogP contribution in [0.5, 0.6) is 11.5 Å². The Balaban J connectivity index is 1.86. The summed E-state index contributed by atoms with van der Waals surface area (Å²) in [6, 6.07) is 12.7. The maximum absolute atomic E-state index is 14.1. The van der Waals surface area contributed by atoms with Crippen LogP contribution in [0.25, 0.3) is 0 Å². The van der Waals surface area contributed by atoms with Gasteiger partial charge in [0.05, 0.1) is 14.2 Å². The van der Waals surface area contributed by atoms with E-state index in [1.165, 1.54) is 19.1 Å². The van der Waals surface area contributed by atoms with Crippen molar-refractivity contribution in [1.82, 2.24) is 15.5 Å². The third-order valence-electron chi connectivity index (χ3n) is 7.51. The molecule has 0 aromatic heterocycles. The summed E-state index contributed by atoms with van der Waals surface area (Å²) in [5.41, 5.74) is -0.605. The number of ether oxygens (including phenoxy) is 4. The molecule has 0 spiro atoms. The number of hydrogen-bond acceptors (Lipinski definition) is 8. The van der Waals surface area contributed by atoms with Crippen molar-refractivity contribution >= 4 is 23.9 Å². The van der Waals surface area contributed by atoms with Crippen molar-refractivity contribution in [1.29, 1.82) is 0 Å². The van der Waals surface area contributed by atoms with Crippen molar-refractivity contribution in [3.05, 3.63) is 59.7 Å². The van der Waals surface area contributed by atoms with E-state index in [2.05, 4.69) is 10.6 Å². The maximum atomic E-state index is 14.1. The first kappa shape index (κ1) is 34.2. The summed E-state index contributed by atoms with van der Waals surface area (Å²) in [6.07, 6.45) is 0.636. The Morgan fingerprint density at radius 1 is 0.955 bits per heavy atom. The van der Waals surface area contributed by atoms with Crippen molar-refractivity contribution in [2.75, 3.05) is 20.8 Å². The number of likely N-dealkylation sites (tertiary alicyclic amines) is 1. The van der Waals surface area contributed by atoms with E-state index in [4.69, 9.17) is 18.9 Å². The first-order chi connectivity index (χ1) is 20.8. The van der Waals surface area contributed by atoms with Gasteiger partial charge in [-0.15, -0.1) is 0 Å². The average Bonchev–Trinajstić information content (AvgIpc) is 3.48. The zero-order valence-electron chi connectivity index (χ0n) is 26.7. The molecule has 0 radical (unpaired) electrons. The number of benzene rings is 2. The van der Waals surface area contributed by atoms with Crippen LogP contribution in [-0.4, -0.2) is 72.8 Å². The lowest BCUT2D eigenvalue weighted by Gasteiger charge is -2.33. The number of carbonyl (C=O) groups excluding carboxylic acids is 4. The zero-order valence-corrected chi connectivity index (χ0v) is 26.7. The minimum atomic E-state index is -1.38. The number of esters is 1. The van der Waals surface area contributed by atoms with E-state index in [1.807, 2.05) is 30.3 Å². The molecule has 1 fully saturated rings. The molecule has 44 heavy (non-hydrogen) atoms. The molecule has 0 bridgehead atoms. The summed E-state index contributed by atoms with van der Waals surface area (Å²) in [7, 11) is 3.04. The summed E-state index contributed by atoms with van der Waals surface area (Å²) < 4.78 is 21.7. The lowest BCUT2D eigenvalue weighted by Crippen LogP contribution is -2.61. The highest BCUT2D eigenvalue weighted by Crippen LogP contribution is 2.29. The first-order valence-corrected chi connectivity index (χ1v) is 14.8. The number of carbonyl (C=O) groups is 4. The van der Waals surface area contributed by atoms with E-state index in [0.29, 0.717) is 36.4 Å². The highest BCUT2D eigenvalue weighted by molar-refractivity contribution is 5.95. The monoisotopic (exact) mass is 611 g/mol. The lowest BCUT2D eigenvalue weighted by atomic mass is 9.96. The van der Waals surface area contributed by atoms with Gasteiger partial charge in [0.1, 0.15) is 29.8 Å². The van der Waals surface area contributed by atoms with E-state index < -0.39 is 47.1 Å². The molecule has 1 saturated heterocycles. The number of rotatable bonds is 12. The minimum absolute atomic E-state index is 0.0925. The molecule has 1 unspecified atom stereocenters. The normalized spacial score (nSPS) is 16.7. The van der Waals surface area contributed by atoms with Crippen LogP contribution in [0.15, 0.2) is 48.5 Å². The molecular formula is C33H45N3O8. The molecule has 3 amide bonds. The molecule has 1 heterocycles. The van der Waals surface area contributed by atoms with Crippen LogP contribution in [0, 0.1) is 0 Å². The highest BCUT2D eigenvalue weighted by atomic mass is 16.6. The fourth-order valence-corrected chi connectivity index (χ4v) is 4.90. The number of alkyl carbamates (subject to hydrolysis) is 1. The van der Waals surface area contributed by atoms with Gasteiger partial charge < -0.3 is 34.5 Å². The Labute approximate surface area is 259 Å². The predicted octanol–water partition coefficient (Wildman–Crippen LogP) is 4.16. The lowest BCUT2D eigenvalue weighted by molar-refractivity contribution is -0.155. The van der Waals surface area contributed by atoms with Gasteiger partial charge in [-0.2, -0.15) is 0 Å². The fraction of sp³-hybridized carbons (Fsp3) is 0.515. The summed E-state index contributed by atoms with van der Waals surface area (Å²) in [5.74, 6) is -0.504. The summed E-state index contributed by atoms with van der Waals surface area (Å²) in [6.45, 7) is 8.94. The number of amides is 3. The number of nitrogens with zero attached hydrogens (tertiary/aromatic N) is 1. The van der Waals surface area contributed by atoms with Crippen molar-refractivity contribution in [3.8, 4) is 11.5 Å². The molecule has 2 aromatic rings. The standard InChI is InChI=1S/C33H45N3O8/c1-8-33(5,35-31(40)44-32(2,3)4)30(39)34-24(19-23-16-17-26(41-6)27(20-23)42-7)28(37)36-18-12-15-25(36)29(38)43-21-22-13-10-9-11-14-22/h9-11,13-14,16-17,20,24-25H,8,12,15,18-19,21H2,1-7H3,(H,34,39)(H,35,40)/t24?,25-,33+/m1/s1. The van der Waals surface area contributed by atoms with Crippen LogP contribution < -0.4 is 20.1 Å². The second-order valence-electron chi connectivity index (χ2n) is 12.0. The Bertz CT molecular complexity index is 1310. The predicted molar refractivity (Wildman–Crippen MR) is 164 cm³/mol. The first-order valence-electron chi connectivity index (χ1n) is 14.8. The van der Waals surface area contributed by atoms with Gasteiger partial charge >= 0.3 is 12.1 Å². The van der Waals surface area contributed by atoms with Crippen LogP contribution in [0.4, 0.5) is 4.79 Å². The Hall–Kier alpha value is -4.28. The SMILES string of the molecule is CC[C@](C)(NC(=O)OC(C)(C)C)C(=O)NC(Cc1ccc(OC)c(OC)c1)C(=O)N1CCC[C@@H]1C(=O)OCc1ccccc1. The molecule has 1 aliphatic heterocycles. The Morgan fingerprint density at radius 2 is 1.64 bits per heavy atom. The molecule has 2 aromatic carbocycles. The average molecular weight is 612 g/mol. The molecule has 1 aliphatic rings. The second kappa shape index (κ2) is 14.9. The van der Waals surface area contributed by atoms with Gasteiger partial charge in [-0.05, 0) is 70.2 Å². The van der Waals surface area contributed by atoms with Gasteiger partial charge in [0.15, 0.2) is 11.5 Å². The van der Waals surface area contributed by atoms with E-state index in [9.17, 15) is 19.2 Å². The molecule has 240 valence electrons. The van der Waals surface area contributed by atoms with Crippen LogP contribution in [0.2, 0.25) is 0 Å². The van der Waals surface area contributed by atoms with Crippen LogP contribution in [0.1, 0.15) is 65.0 Å². The van der Waals surface area contributed by atoms with Gasteiger partial charge in [-0.25, -0.2) is 9.59 Å². The quantitative estimate of drug-likeness (QED) is 0.342. The highest BCUT2D eigenvalue weighted by Gasteiger charge is 2.41. The molecular weight excluding hydrogens is 566 g/mol. The Morgan fingerprint density at radius 3 is 2.25 bits per heavy atom. The second-order valence-corrected chi connectivity index (χ2v) is 12.0. The van der Waals surface area contributed by atoms with Crippen LogP contribution >= 0.6 is 0 Å². The zero-order chi connectivity index (χ0) is 32.5. The molecule has 11 nitrogen and oxygen atoms in total. The van der Waals surface area contributed by atoms with Gasteiger partial charge in [-0.1, -0.05) is 43.3 Å². The summed E-state index contributed by atoms with van der Waals surface area (Å²) >= 11 is 0. The number of hydrogen-bond donors (Lipinski definition) is 2. The van der Waals surface area contributed by atoms with Crippen molar-refractivity contribution in [2.45, 2.75) is 90.1 Å². The molecule has 3 rings (SSSR count). The van der Waals surface area contributed by atoms with E-state index in [1.54, 1.807) is 52.8 Å². The third-order valence-corrected chi connectivity index (χ3v) is 7.51. The topological polar surface area (TPSA) is 132 Å². The minimum Gasteiger partial charge on any atom is -0.493 e. The van der Waals surface area contributed by atoms with Gasteiger partial charge in [0.2, 0.25) is 11.8 Å². The summed E-state index contributed by atoms with van der Waals surface area (Å²) in [4.78, 5) is 55.1. The smallest absolute Gasteiger partial charge is 0.408 e. The third kappa shape index (κ3) is 9.11. The Kier molecular flexibility index (Phi) is 11.6. The van der Waals surface area contributed by atoms with Crippen LogP contribution in [-0.2, 0) is 36.9 Å².